The monoisotopic (exact) mass is 348 g/mol. The van der Waals surface area contributed by atoms with Crippen molar-refractivity contribution in [3.63, 3.8) is 0 Å². The van der Waals surface area contributed by atoms with Gasteiger partial charge in [-0.3, -0.25) is 4.90 Å². The molecule has 0 aliphatic rings. The van der Waals surface area contributed by atoms with Crippen LogP contribution in [-0.2, 0) is 6.54 Å². The molecule has 2 aromatic rings. The largest absolute Gasteiger partial charge is 0.354 e. The molecule has 0 amide bonds. The van der Waals surface area contributed by atoms with Crippen LogP contribution in [0.2, 0.25) is 0 Å². The summed E-state index contributed by atoms with van der Waals surface area (Å²) in [5, 5.41) is 3.25. The maximum atomic E-state index is 4.21. The summed E-state index contributed by atoms with van der Waals surface area (Å²) < 4.78 is 0.893. The molecule has 112 valence electrons. The van der Waals surface area contributed by atoms with E-state index in [-0.39, 0.29) is 0 Å². The summed E-state index contributed by atoms with van der Waals surface area (Å²) >= 11 is 3.33. The molecule has 0 bridgehead atoms. The maximum Gasteiger partial charge on any atom is 0.222 e. The molecule has 21 heavy (non-hydrogen) atoms. The molecule has 1 aromatic heterocycles. The van der Waals surface area contributed by atoms with Gasteiger partial charge >= 0.3 is 0 Å². The van der Waals surface area contributed by atoms with E-state index in [1.165, 1.54) is 5.56 Å². The van der Waals surface area contributed by atoms with E-state index < -0.39 is 0 Å². The first-order chi connectivity index (χ1) is 10.1. The zero-order valence-corrected chi connectivity index (χ0v) is 14.0. The molecule has 1 unspecified atom stereocenters. The van der Waals surface area contributed by atoms with Gasteiger partial charge in [0.25, 0.3) is 0 Å². The van der Waals surface area contributed by atoms with Gasteiger partial charge in [-0.05, 0) is 41.9 Å². The van der Waals surface area contributed by atoms with E-state index in [0.717, 1.165) is 24.0 Å². The lowest BCUT2D eigenvalue weighted by atomic mass is 10.1. The van der Waals surface area contributed by atoms with Gasteiger partial charge in [0.05, 0.1) is 4.47 Å². The zero-order valence-electron chi connectivity index (χ0n) is 12.5. The Hall–Kier alpha value is -1.46. The summed E-state index contributed by atoms with van der Waals surface area (Å²) in [7, 11) is 2.16. The molecular weight excluding hydrogens is 328 g/mol. The van der Waals surface area contributed by atoms with Crippen LogP contribution >= 0.6 is 15.9 Å². The minimum absolute atomic E-state index is 0.494. The fraction of sp³-hybridized carbons (Fsp3) is 0.375. The first kappa shape index (κ1) is 15.9. The molecule has 1 heterocycles. The van der Waals surface area contributed by atoms with Gasteiger partial charge in [-0.15, -0.1) is 0 Å². The Kier molecular flexibility index (Phi) is 6.14. The quantitative estimate of drug-likeness (QED) is 0.830. The van der Waals surface area contributed by atoms with E-state index in [1.54, 1.807) is 12.4 Å². The van der Waals surface area contributed by atoms with Crippen LogP contribution in [0, 0.1) is 0 Å². The predicted octanol–water partition coefficient (Wildman–Crippen LogP) is 3.56. The molecule has 0 saturated heterocycles. The number of aromatic nitrogens is 2. The van der Waals surface area contributed by atoms with Gasteiger partial charge in [0.1, 0.15) is 0 Å². The Labute approximate surface area is 134 Å². The lowest BCUT2D eigenvalue weighted by Crippen LogP contribution is -2.30. The smallest absolute Gasteiger partial charge is 0.222 e. The van der Waals surface area contributed by atoms with Crippen LogP contribution in [-0.4, -0.2) is 34.5 Å². The van der Waals surface area contributed by atoms with Crippen molar-refractivity contribution in [1.82, 2.24) is 14.9 Å². The normalized spacial score (nSPS) is 12.4. The van der Waals surface area contributed by atoms with Crippen LogP contribution in [0.3, 0.4) is 0 Å². The third-order valence-corrected chi connectivity index (χ3v) is 3.90. The minimum Gasteiger partial charge on any atom is -0.354 e. The first-order valence-electron chi connectivity index (χ1n) is 7.10. The van der Waals surface area contributed by atoms with Gasteiger partial charge < -0.3 is 5.32 Å². The number of hydrogen-bond acceptors (Lipinski definition) is 4. The van der Waals surface area contributed by atoms with E-state index >= 15 is 0 Å². The zero-order chi connectivity index (χ0) is 15.1. The third kappa shape index (κ3) is 5.44. The average molecular weight is 349 g/mol. The lowest BCUT2D eigenvalue weighted by Gasteiger charge is -2.24. The highest BCUT2D eigenvalue weighted by Gasteiger charge is 2.09. The molecule has 0 spiro atoms. The molecule has 1 atom stereocenters. The molecular formula is C16H21BrN4. The van der Waals surface area contributed by atoms with Crippen LogP contribution < -0.4 is 5.32 Å². The van der Waals surface area contributed by atoms with Gasteiger partial charge in [0.15, 0.2) is 0 Å². The highest BCUT2D eigenvalue weighted by Crippen LogP contribution is 2.10. The summed E-state index contributed by atoms with van der Waals surface area (Å²) in [6.45, 7) is 4.08. The van der Waals surface area contributed by atoms with E-state index in [1.807, 2.05) is 0 Å². The SMILES string of the molecule is CC(CCNc1ncc(Br)cn1)N(C)Cc1ccccc1. The van der Waals surface area contributed by atoms with Crippen LogP contribution in [0.1, 0.15) is 18.9 Å². The molecule has 1 aromatic carbocycles. The van der Waals surface area contributed by atoms with Crippen LogP contribution in [0.25, 0.3) is 0 Å². The fourth-order valence-electron chi connectivity index (χ4n) is 2.04. The third-order valence-electron chi connectivity index (χ3n) is 3.49. The Balaban J connectivity index is 1.73. The Morgan fingerprint density at radius 3 is 2.52 bits per heavy atom. The molecule has 5 heteroatoms. The van der Waals surface area contributed by atoms with Gasteiger partial charge in [0.2, 0.25) is 5.95 Å². The summed E-state index contributed by atoms with van der Waals surface area (Å²) in [4.78, 5) is 10.8. The highest BCUT2D eigenvalue weighted by atomic mass is 79.9. The Bertz CT molecular complexity index is 530. The van der Waals surface area contributed by atoms with Crippen molar-refractivity contribution >= 4 is 21.9 Å². The summed E-state index contributed by atoms with van der Waals surface area (Å²) in [6, 6.07) is 11.0. The molecule has 0 saturated carbocycles. The average Bonchev–Trinajstić information content (AvgIpc) is 2.50. The second-order valence-corrected chi connectivity index (χ2v) is 6.11. The van der Waals surface area contributed by atoms with Crippen LogP contribution in [0.15, 0.2) is 47.2 Å². The van der Waals surface area contributed by atoms with Crippen molar-refractivity contribution in [2.45, 2.75) is 25.9 Å². The van der Waals surface area contributed by atoms with Gasteiger partial charge in [-0.1, -0.05) is 30.3 Å². The fourth-order valence-corrected chi connectivity index (χ4v) is 2.25. The molecule has 1 N–H and O–H groups in total. The van der Waals surface area contributed by atoms with Crippen molar-refractivity contribution in [2.75, 3.05) is 18.9 Å². The highest BCUT2D eigenvalue weighted by molar-refractivity contribution is 9.10. The van der Waals surface area contributed by atoms with E-state index in [0.29, 0.717) is 12.0 Å². The van der Waals surface area contributed by atoms with Crippen molar-refractivity contribution < 1.29 is 0 Å². The molecule has 4 nitrogen and oxygen atoms in total. The van der Waals surface area contributed by atoms with E-state index in [9.17, 15) is 0 Å². The molecule has 0 aliphatic heterocycles. The lowest BCUT2D eigenvalue weighted by molar-refractivity contribution is 0.242. The second kappa shape index (κ2) is 8.10. The van der Waals surface area contributed by atoms with Crippen molar-refractivity contribution in [3.8, 4) is 0 Å². The molecule has 0 fully saturated rings. The Morgan fingerprint density at radius 1 is 1.19 bits per heavy atom. The maximum absolute atomic E-state index is 4.21. The predicted molar refractivity (Wildman–Crippen MR) is 90.2 cm³/mol. The van der Waals surface area contributed by atoms with Crippen molar-refractivity contribution in [1.29, 1.82) is 0 Å². The summed E-state index contributed by atoms with van der Waals surface area (Å²) in [5.74, 6) is 0.677. The topological polar surface area (TPSA) is 41.1 Å². The van der Waals surface area contributed by atoms with Gasteiger partial charge in [0, 0.05) is 31.5 Å². The number of nitrogens with one attached hydrogen (secondary N) is 1. The number of anilines is 1. The molecule has 2 rings (SSSR count). The number of nitrogens with zero attached hydrogens (tertiary/aromatic N) is 3. The number of rotatable bonds is 7. The number of hydrogen-bond donors (Lipinski definition) is 1. The second-order valence-electron chi connectivity index (χ2n) is 5.19. The van der Waals surface area contributed by atoms with E-state index in [4.69, 9.17) is 0 Å². The number of benzene rings is 1. The molecule has 0 aliphatic carbocycles. The van der Waals surface area contributed by atoms with Crippen molar-refractivity contribution in [3.05, 3.63) is 52.8 Å². The summed E-state index contributed by atoms with van der Waals surface area (Å²) in [5.41, 5.74) is 1.34. The van der Waals surface area contributed by atoms with Gasteiger partial charge in [-0.2, -0.15) is 0 Å². The minimum atomic E-state index is 0.494. The number of halogens is 1. The first-order valence-corrected chi connectivity index (χ1v) is 7.90. The van der Waals surface area contributed by atoms with Crippen LogP contribution in [0.5, 0.6) is 0 Å². The summed E-state index contributed by atoms with van der Waals surface area (Å²) in [6.07, 6.45) is 4.54. The standard InChI is InChI=1S/C16H21BrN4/c1-13(21(2)12-14-6-4-3-5-7-14)8-9-18-16-19-10-15(17)11-20-16/h3-7,10-11,13H,8-9,12H2,1-2H3,(H,18,19,20). The molecule has 0 radical (unpaired) electrons. The van der Waals surface area contributed by atoms with Crippen LogP contribution in [0.4, 0.5) is 5.95 Å². The Morgan fingerprint density at radius 2 is 1.86 bits per heavy atom. The van der Waals surface area contributed by atoms with E-state index in [2.05, 4.69) is 80.4 Å². The van der Waals surface area contributed by atoms with Gasteiger partial charge in [-0.25, -0.2) is 9.97 Å². The van der Waals surface area contributed by atoms with Crippen molar-refractivity contribution in [2.24, 2.45) is 0 Å².